The SMILES string of the molecule is C.C.CC(C)(c1ccc(OCOc2ccccc2)cc1)c1ccc(OC(Oc2ccccc2)Oc2ccc(C#N)cc2)cc1.N#Cc1ccc(OC(Oc2ccccc2)Oc2ccc(OCOc3ccccc3)cc2)cc1.N#Cc1ccc(OCOc2ccccc2)cc1. The molecule has 11 aromatic carbocycles. The number of ether oxygens (including phenoxy) is 12. The predicted octanol–water partition coefficient (Wildman–Crippen LogP) is 18.2. The molecule has 0 N–H and O–H groups in total. The van der Waals surface area contributed by atoms with Gasteiger partial charge in [-0.15, -0.1) is 0 Å². The fourth-order valence-electron chi connectivity index (χ4n) is 8.40. The highest BCUT2D eigenvalue weighted by atomic mass is 16.9. The molecule has 0 bridgehead atoms. The van der Waals surface area contributed by atoms with E-state index >= 15 is 0 Å². The summed E-state index contributed by atoms with van der Waals surface area (Å²) in [5.74, 6) is 7.66. The molecule has 0 aliphatic carbocycles. The average molecular weight is 1250 g/mol. The fourth-order valence-corrected chi connectivity index (χ4v) is 8.40. The Labute approximate surface area is 549 Å². The first kappa shape index (κ1) is 69.0. The van der Waals surface area contributed by atoms with Crippen molar-refractivity contribution >= 4 is 0 Å². The molecule has 0 radical (unpaired) electrons. The van der Waals surface area contributed by atoms with E-state index in [4.69, 9.17) is 72.6 Å². The van der Waals surface area contributed by atoms with E-state index in [1.54, 1.807) is 97.1 Å². The molecule has 0 aliphatic rings. The van der Waals surface area contributed by atoms with Crippen molar-refractivity contribution in [1.29, 1.82) is 15.8 Å². The lowest BCUT2D eigenvalue weighted by Gasteiger charge is -2.27. The molecule has 15 nitrogen and oxygen atoms in total. The Morgan fingerprint density at radius 2 is 0.415 bits per heavy atom. The third kappa shape index (κ3) is 22.5. The van der Waals surface area contributed by atoms with E-state index in [0.29, 0.717) is 62.7 Å². The molecule has 11 rings (SSSR count). The molecule has 0 saturated carbocycles. The summed E-state index contributed by atoms with van der Waals surface area (Å²) in [6, 6.07) is 96.6. The van der Waals surface area contributed by atoms with Crippen LogP contribution in [-0.2, 0) is 5.41 Å². The molecule has 0 aromatic heterocycles. The summed E-state index contributed by atoms with van der Waals surface area (Å²) in [7, 11) is 0. The zero-order valence-electron chi connectivity index (χ0n) is 50.3. The lowest BCUT2D eigenvalue weighted by Crippen LogP contribution is -2.30. The summed E-state index contributed by atoms with van der Waals surface area (Å²) in [4.78, 5) is 0. The van der Waals surface area contributed by atoms with Crippen LogP contribution in [0.25, 0.3) is 0 Å². The normalized spacial score (nSPS) is 10.7. The van der Waals surface area contributed by atoms with Crippen LogP contribution in [0.15, 0.2) is 297 Å². The summed E-state index contributed by atoms with van der Waals surface area (Å²) in [5, 5.41) is 26.7. The first-order valence-electron chi connectivity index (χ1n) is 29.0. The lowest BCUT2D eigenvalue weighted by atomic mass is 9.78. The topological polar surface area (TPSA) is 182 Å². The summed E-state index contributed by atoms with van der Waals surface area (Å²) in [5.41, 5.74) is 3.68. The van der Waals surface area contributed by atoms with E-state index in [0.717, 1.165) is 34.1 Å². The van der Waals surface area contributed by atoms with Crippen LogP contribution >= 0.6 is 0 Å². The molecule has 0 saturated heterocycles. The van der Waals surface area contributed by atoms with Gasteiger partial charge in [-0.05, 0) is 193 Å². The first-order valence-corrected chi connectivity index (χ1v) is 29.0. The number of hydrogen-bond donors (Lipinski definition) is 0. The van der Waals surface area contributed by atoms with Crippen molar-refractivity contribution in [2.24, 2.45) is 0 Å². The van der Waals surface area contributed by atoms with Crippen molar-refractivity contribution in [3.8, 4) is 87.2 Å². The van der Waals surface area contributed by atoms with Gasteiger partial charge in [0.2, 0.25) is 20.4 Å². The van der Waals surface area contributed by atoms with Crippen LogP contribution in [0.2, 0.25) is 0 Å². The Bertz CT molecular complexity index is 4040. The summed E-state index contributed by atoms with van der Waals surface area (Å²) < 4.78 is 69.0. The molecular weight excluding hydrogens is 1180 g/mol. The zero-order valence-corrected chi connectivity index (χ0v) is 50.3. The van der Waals surface area contributed by atoms with Crippen molar-refractivity contribution in [2.45, 2.75) is 47.1 Å². The molecule has 474 valence electrons. The third-order valence-corrected chi connectivity index (χ3v) is 13.4. The number of nitriles is 3. The molecule has 0 amide bonds. The Morgan fingerprint density at radius 1 is 0.245 bits per heavy atom. The van der Waals surface area contributed by atoms with Crippen LogP contribution < -0.4 is 56.8 Å². The van der Waals surface area contributed by atoms with Gasteiger partial charge >= 0.3 is 13.0 Å². The van der Waals surface area contributed by atoms with Crippen LogP contribution in [0.3, 0.4) is 0 Å². The maximum atomic E-state index is 9.08. The smallest absolute Gasteiger partial charge is 0.406 e. The van der Waals surface area contributed by atoms with Crippen molar-refractivity contribution < 1.29 is 56.8 Å². The van der Waals surface area contributed by atoms with E-state index in [1.165, 1.54) is 0 Å². The van der Waals surface area contributed by atoms with Crippen molar-refractivity contribution in [3.63, 3.8) is 0 Å². The van der Waals surface area contributed by atoms with E-state index in [2.05, 4.69) is 38.1 Å². The average Bonchev–Trinajstić information content (AvgIpc) is 0.824. The van der Waals surface area contributed by atoms with Gasteiger partial charge < -0.3 is 56.8 Å². The molecule has 94 heavy (non-hydrogen) atoms. The van der Waals surface area contributed by atoms with Gasteiger partial charge in [-0.2, -0.15) is 15.8 Å². The van der Waals surface area contributed by atoms with Crippen molar-refractivity contribution in [3.05, 3.63) is 325 Å². The second-order valence-electron chi connectivity index (χ2n) is 20.1. The van der Waals surface area contributed by atoms with Gasteiger partial charge in [-0.25, -0.2) is 0 Å². The van der Waals surface area contributed by atoms with Gasteiger partial charge in [0.05, 0.1) is 34.9 Å². The monoisotopic (exact) mass is 1250 g/mol. The molecule has 0 heterocycles. The Hall–Kier alpha value is -12.5. The quantitative estimate of drug-likeness (QED) is 0.0467. The first-order chi connectivity index (χ1) is 45.2. The van der Waals surface area contributed by atoms with E-state index in [1.807, 2.05) is 194 Å². The highest BCUT2D eigenvalue weighted by molar-refractivity contribution is 5.43. The van der Waals surface area contributed by atoms with Crippen LogP contribution in [0.4, 0.5) is 0 Å². The van der Waals surface area contributed by atoms with Gasteiger partial charge in [0, 0.05) is 5.41 Å². The summed E-state index contributed by atoms with van der Waals surface area (Å²) >= 11 is 0. The minimum Gasteiger partial charge on any atom is -0.458 e. The van der Waals surface area contributed by atoms with Crippen molar-refractivity contribution in [2.75, 3.05) is 20.4 Å². The van der Waals surface area contributed by atoms with Crippen LogP contribution in [0.1, 0.15) is 56.5 Å². The van der Waals surface area contributed by atoms with E-state index in [-0.39, 0.29) is 40.6 Å². The van der Waals surface area contributed by atoms with Crippen LogP contribution in [-0.4, -0.2) is 33.3 Å². The number of benzene rings is 11. The minimum atomic E-state index is -1.05. The fraction of sp³-hybridized carbons (Fsp3) is 0.127. The van der Waals surface area contributed by atoms with Crippen LogP contribution in [0.5, 0.6) is 69.0 Å². The highest BCUT2D eigenvalue weighted by Crippen LogP contribution is 2.34. The number of hydrogen-bond acceptors (Lipinski definition) is 15. The number of rotatable bonds is 26. The Morgan fingerprint density at radius 3 is 0.660 bits per heavy atom. The Balaban J connectivity index is 0.000000214. The zero-order chi connectivity index (χ0) is 63.8. The minimum absolute atomic E-state index is 0. The molecular formula is C79H71N3O12. The van der Waals surface area contributed by atoms with Gasteiger partial charge in [-0.3, -0.25) is 0 Å². The van der Waals surface area contributed by atoms with Crippen LogP contribution in [0, 0.1) is 34.0 Å². The summed E-state index contributed by atoms with van der Waals surface area (Å²) in [6.07, 6.45) is 0. The molecule has 2 atom stereocenters. The predicted molar refractivity (Wildman–Crippen MR) is 360 cm³/mol. The molecule has 15 heteroatoms. The standard InChI is InChI=1S/C36H31NO5.C27H21NO5.C14H11NO2.2CH4/c1-36(2,28-15-21-31(22-16-28)39-26-38-30-9-5-3-6-10-30)29-17-23-34(24-18-29)42-35(40-32-11-7-4-8-12-32)41-33-19-13-27(25-37)14-20-33;28-19-21-11-13-25(14-12-21)32-27(31-24-9-5-2-6-10-24)33-26-17-15-23(16-18-26)30-20-29-22-7-3-1-4-8-22;15-10-12-6-8-14(9-7-12)17-11-16-13-4-2-1-3-5-13;;/h3-24,35H,26H2,1-2H3;1-18,27H,20H2;1-9H,11H2;2*1H4. The largest absolute Gasteiger partial charge is 0.458 e. The molecule has 0 aliphatic heterocycles. The van der Waals surface area contributed by atoms with Gasteiger partial charge in [0.15, 0.2) is 0 Å². The second kappa shape index (κ2) is 36.8. The molecule has 11 aromatic rings. The number of nitrogens with zero attached hydrogens (tertiary/aromatic N) is 3. The molecule has 0 spiro atoms. The highest BCUT2D eigenvalue weighted by Gasteiger charge is 2.24. The van der Waals surface area contributed by atoms with E-state index in [9.17, 15) is 0 Å². The summed E-state index contributed by atoms with van der Waals surface area (Å²) in [6.45, 7) is 2.63. The second-order valence-corrected chi connectivity index (χ2v) is 20.1. The van der Waals surface area contributed by atoms with E-state index < -0.39 is 13.0 Å². The maximum Gasteiger partial charge on any atom is 0.406 e. The van der Waals surface area contributed by atoms with Gasteiger partial charge in [0.25, 0.3) is 0 Å². The van der Waals surface area contributed by atoms with Gasteiger partial charge in [0.1, 0.15) is 69.0 Å². The van der Waals surface area contributed by atoms with Crippen molar-refractivity contribution in [1.82, 2.24) is 0 Å². The molecule has 0 fully saturated rings. The molecule has 2 unspecified atom stereocenters. The van der Waals surface area contributed by atoms with Gasteiger partial charge in [-0.1, -0.05) is 144 Å². The lowest BCUT2D eigenvalue weighted by molar-refractivity contribution is -0.140. The Kier molecular flexibility index (Phi) is 27.0. The number of para-hydroxylation sites is 5. The maximum absolute atomic E-state index is 9.08. The third-order valence-electron chi connectivity index (χ3n) is 13.4.